The van der Waals surface area contributed by atoms with Gasteiger partial charge >= 0.3 is 0 Å². The number of hydrogen-bond donors (Lipinski definition) is 0. The number of hydrogen-bond acceptors (Lipinski definition) is 0. The van der Waals surface area contributed by atoms with Crippen LogP contribution in [0.3, 0.4) is 0 Å². The van der Waals surface area contributed by atoms with Gasteiger partial charge in [0.1, 0.15) is 0 Å². The van der Waals surface area contributed by atoms with Crippen LogP contribution in [0.25, 0.3) is 0 Å². The van der Waals surface area contributed by atoms with Crippen LogP contribution in [0.4, 0.5) is 0 Å². The molecule has 1 radical (unpaired) electrons. The summed E-state index contributed by atoms with van der Waals surface area (Å²) in [6.45, 7) is 3.74. The summed E-state index contributed by atoms with van der Waals surface area (Å²) < 4.78 is 0. The van der Waals surface area contributed by atoms with Crippen LogP contribution in [0.2, 0.25) is 0 Å². The summed E-state index contributed by atoms with van der Waals surface area (Å²) in [6.07, 6.45) is 11.6. The lowest BCUT2D eigenvalue weighted by atomic mass is 10.1. The van der Waals surface area contributed by atoms with Crippen LogP contribution in [0.5, 0.6) is 0 Å². The molecule has 1 rings (SSSR count). The van der Waals surface area contributed by atoms with E-state index in [-0.39, 0.29) is 0 Å². The van der Waals surface area contributed by atoms with E-state index < -0.39 is 0 Å². The minimum absolute atomic E-state index is 0.881. The quantitative estimate of drug-likeness (QED) is 0.609. The van der Waals surface area contributed by atoms with Crippen molar-refractivity contribution in [2.45, 2.75) is 19.3 Å². The molecule has 0 heterocycles. The molecule has 0 aliphatic heterocycles. The predicted octanol–water partition coefficient (Wildman–Crippen LogP) is 3.96. The maximum atomic E-state index is 3.74. The van der Waals surface area contributed by atoms with Crippen molar-refractivity contribution in [2.75, 3.05) is 0 Å². The standard InChI is InChI=1S/C14H17/c1-2-3-4-5-6-8-11-14-12-9-7-10-13-14/h3-4,6-10,12-13H,1-2,5,11H2. The molecular formula is C14H17. The van der Waals surface area contributed by atoms with Crippen LogP contribution in [0.1, 0.15) is 18.4 Å². The molecule has 73 valence electrons. The molecule has 0 spiro atoms. The Morgan fingerprint density at radius 3 is 2.36 bits per heavy atom. The van der Waals surface area contributed by atoms with Crippen LogP contribution < -0.4 is 0 Å². The predicted molar refractivity (Wildman–Crippen MR) is 63.0 cm³/mol. The van der Waals surface area contributed by atoms with Gasteiger partial charge in [0, 0.05) is 0 Å². The van der Waals surface area contributed by atoms with Crippen LogP contribution in [-0.2, 0) is 6.42 Å². The molecule has 0 aliphatic carbocycles. The zero-order valence-corrected chi connectivity index (χ0v) is 8.52. The highest BCUT2D eigenvalue weighted by Gasteiger charge is 1.84. The van der Waals surface area contributed by atoms with Gasteiger partial charge in [0.05, 0.1) is 0 Å². The van der Waals surface area contributed by atoms with Gasteiger partial charge in [-0.1, -0.05) is 54.6 Å². The Balaban J connectivity index is 2.24. The van der Waals surface area contributed by atoms with Crippen molar-refractivity contribution < 1.29 is 0 Å². The van der Waals surface area contributed by atoms with Gasteiger partial charge < -0.3 is 0 Å². The molecule has 0 aliphatic rings. The van der Waals surface area contributed by atoms with E-state index in [4.69, 9.17) is 0 Å². The van der Waals surface area contributed by atoms with Gasteiger partial charge in [-0.15, -0.1) is 0 Å². The van der Waals surface area contributed by atoms with E-state index in [1.807, 2.05) is 6.07 Å². The van der Waals surface area contributed by atoms with Crippen molar-refractivity contribution in [3.05, 3.63) is 67.1 Å². The fourth-order valence-electron chi connectivity index (χ4n) is 1.22. The first-order valence-corrected chi connectivity index (χ1v) is 5.06. The fourth-order valence-corrected chi connectivity index (χ4v) is 1.22. The molecule has 0 nitrogen and oxygen atoms in total. The van der Waals surface area contributed by atoms with Crippen LogP contribution in [0.15, 0.2) is 54.6 Å². The second-order valence-electron chi connectivity index (χ2n) is 3.16. The summed E-state index contributed by atoms with van der Waals surface area (Å²) >= 11 is 0. The van der Waals surface area contributed by atoms with Crippen molar-refractivity contribution in [2.24, 2.45) is 0 Å². The molecule has 0 saturated carbocycles. The lowest BCUT2D eigenvalue weighted by molar-refractivity contribution is 1.23. The van der Waals surface area contributed by atoms with Gasteiger partial charge in [-0.05, 0) is 31.7 Å². The molecule has 0 bridgehead atoms. The summed E-state index contributed by atoms with van der Waals surface area (Å²) in [5, 5.41) is 0. The maximum absolute atomic E-state index is 3.74. The Bertz CT molecular complexity index is 280. The monoisotopic (exact) mass is 185 g/mol. The second kappa shape index (κ2) is 7.14. The minimum atomic E-state index is 0.881. The van der Waals surface area contributed by atoms with Crippen molar-refractivity contribution in [1.82, 2.24) is 0 Å². The van der Waals surface area contributed by atoms with Crippen molar-refractivity contribution in [3.63, 3.8) is 0 Å². The van der Waals surface area contributed by atoms with Gasteiger partial charge in [-0.2, -0.15) is 0 Å². The number of benzene rings is 1. The minimum Gasteiger partial charge on any atom is -0.0882 e. The van der Waals surface area contributed by atoms with Gasteiger partial charge in [0.15, 0.2) is 0 Å². The van der Waals surface area contributed by atoms with Gasteiger partial charge in [0.2, 0.25) is 0 Å². The zero-order valence-electron chi connectivity index (χ0n) is 8.52. The smallest absolute Gasteiger partial charge is 0.00973 e. The van der Waals surface area contributed by atoms with Gasteiger partial charge in [0.25, 0.3) is 0 Å². The Kier molecular flexibility index (Phi) is 5.49. The highest BCUT2D eigenvalue weighted by molar-refractivity contribution is 5.17. The van der Waals surface area contributed by atoms with Crippen LogP contribution in [-0.4, -0.2) is 0 Å². The van der Waals surface area contributed by atoms with E-state index in [0.29, 0.717) is 0 Å². The van der Waals surface area contributed by atoms with E-state index in [2.05, 4.69) is 55.5 Å². The maximum Gasteiger partial charge on any atom is -0.00973 e. The summed E-state index contributed by atoms with van der Waals surface area (Å²) in [5.41, 5.74) is 1.37. The third-order valence-electron chi connectivity index (χ3n) is 1.97. The molecule has 0 heteroatoms. The first kappa shape index (κ1) is 10.8. The summed E-state index contributed by atoms with van der Waals surface area (Å²) in [6, 6.07) is 10.5. The Labute approximate surface area is 87.0 Å². The lowest BCUT2D eigenvalue weighted by Crippen LogP contribution is -1.77. The van der Waals surface area contributed by atoms with Gasteiger partial charge in [-0.3, -0.25) is 0 Å². The normalized spacial score (nSPS) is 11.5. The van der Waals surface area contributed by atoms with E-state index >= 15 is 0 Å². The van der Waals surface area contributed by atoms with Crippen LogP contribution in [0, 0.1) is 6.92 Å². The molecule has 0 saturated heterocycles. The van der Waals surface area contributed by atoms with E-state index in [1.165, 1.54) is 5.56 Å². The highest BCUT2D eigenvalue weighted by atomic mass is 13.9. The average Bonchev–Trinajstić information content (AvgIpc) is 2.25. The molecule has 0 fully saturated rings. The molecule has 0 aromatic heterocycles. The summed E-state index contributed by atoms with van der Waals surface area (Å²) in [7, 11) is 0. The van der Waals surface area contributed by atoms with Crippen LogP contribution >= 0.6 is 0 Å². The molecular weight excluding hydrogens is 168 g/mol. The first-order valence-electron chi connectivity index (χ1n) is 5.06. The molecule has 0 amide bonds. The molecule has 14 heavy (non-hydrogen) atoms. The van der Waals surface area contributed by atoms with Crippen molar-refractivity contribution in [3.8, 4) is 0 Å². The average molecular weight is 185 g/mol. The summed E-state index contributed by atoms with van der Waals surface area (Å²) in [4.78, 5) is 0. The number of allylic oxidation sites excluding steroid dienone is 4. The van der Waals surface area contributed by atoms with Gasteiger partial charge in [-0.25, -0.2) is 0 Å². The second-order valence-corrected chi connectivity index (χ2v) is 3.16. The molecule has 1 aromatic rings. The Morgan fingerprint density at radius 1 is 0.929 bits per heavy atom. The first-order chi connectivity index (χ1) is 6.93. The van der Waals surface area contributed by atoms with E-state index in [9.17, 15) is 0 Å². The Morgan fingerprint density at radius 2 is 1.64 bits per heavy atom. The molecule has 0 unspecified atom stereocenters. The fraction of sp³-hybridized carbons (Fsp3) is 0.214. The third kappa shape index (κ3) is 4.66. The molecule has 0 atom stereocenters. The van der Waals surface area contributed by atoms with E-state index in [0.717, 1.165) is 19.3 Å². The number of rotatable bonds is 5. The third-order valence-corrected chi connectivity index (χ3v) is 1.97. The van der Waals surface area contributed by atoms with Crippen molar-refractivity contribution >= 4 is 0 Å². The highest BCUT2D eigenvalue weighted by Crippen LogP contribution is 2.00. The Hall–Kier alpha value is -1.30. The summed E-state index contributed by atoms with van der Waals surface area (Å²) in [5.74, 6) is 0. The topological polar surface area (TPSA) is 0 Å². The van der Waals surface area contributed by atoms with Crippen molar-refractivity contribution in [1.29, 1.82) is 0 Å². The molecule has 0 N–H and O–H groups in total. The SMILES string of the molecule is [CH2]CC=CCC=CCc1ccccc1. The zero-order chi connectivity index (χ0) is 10.1. The largest absolute Gasteiger partial charge is 0.0882 e. The lowest BCUT2D eigenvalue weighted by Gasteiger charge is -1.93. The molecule has 1 aromatic carbocycles. The van der Waals surface area contributed by atoms with E-state index in [1.54, 1.807) is 0 Å².